The third-order valence-corrected chi connectivity index (χ3v) is 3.88. The number of rotatable bonds is 7. The quantitative estimate of drug-likeness (QED) is 0.838. The van der Waals surface area contributed by atoms with E-state index in [1.807, 2.05) is 37.3 Å². The summed E-state index contributed by atoms with van der Waals surface area (Å²) in [6.45, 7) is 4.58. The van der Waals surface area contributed by atoms with E-state index in [4.69, 9.17) is 0 Å². The predicted octanol–water partition coefficient (Wildman–Crippen LogP) is 2.13. The average molecular weight is 340 g/mol. The van der Waals surface area contributed by atoms with E-state index in [1.54, 1.807) is 25.1 Å². The average Bonchev–Trinajstić information content (AvgIpc) is 2.62. The lowest BCUT2D eigenvalue weighted by atomic mass is 10.1. The van der Waals surface area contributed by atoms with Crippen molar-refractivity contribution in [2.45, 2.75) is 33.2 Å². The third-order valence-electron chi connectivity index (χ3n) is 3.88. The molecular weight excluding hydrogens is 316 g/mol. The van der Waals surface area contributed by atoms with Gasteiger partial charge in [-0.3, -0.25) is 9.59 Å². The summed E-state index contributed by atoms with van der Waals surface area (Å²) in [5, 5.41) is 2.78. The normalized spacial score (nSPS) is 10.4. The Morgan fingerprint density at radius 3 is 2.60 bits per heavy atom. The molecule has 0 saturated carbocycles. The van der Waals surface area contributed by atoms with Crippen LogP contribution in [0.3, 0.4) is 0 Å². The number of carbonyl (C=O) groups is 2. The minimum absolute atomic E-state index is 0.0139. The standard InChI is InChI=1S/C19H24N4O2/c1-4-17-16(12-21-14(2)22-17)19(25)20-11-10-18(24)23(3)13-15-8-6-5-7-9-15/h5-9,12H,4,10-11,13H2,1-3H3,(H,20,25). The molecule has 2 rings (SSSR count). The maximum absolute atomic E-state index is 12.3. The van der Waals surface area contributed by atoms with Gasteiger partial charge in [-0.15, -0.1) is 0 Å². The lowest BCUT2D eigenvalue weighted by molar-refractivity contribution is -0.130. The van der Waals surface area contributed by atoms with Crippen LogP contribution in [-0.2, 0) is 17.8 Å². The Kier molecular flexibility index (Phi) is 6.62. The minimum Gasteiger partial charge on any atom is -0.351 e. The molecule has 25 heavy (non-hydrogen) atoms. The molecule has 1 N–H and O–H groups in total. The molecular formula is C19H24N4O2. The summed E-state index contributed by atoms with van der Waals surface area (Å²) < 4.78 is 0. The molecule has 0 saturated heterocycles. The molecule has 1 heterocycles. The van der Waals surface area contributed by atoms with Crippen LogP contribution in [0, 0.1) is 6.92 Å². The van der Waals surface area contributed by atoms with E-state index in [1.165, 1.54) is 0 Å². The Bertz CT molecular complexity index is 731. The van der Waals surface area contributed by atoms with Gasteiger partial charge in [0.2, 0.25) is 5.91 Å². The van der Waals surface area contributed by atoms with Crippen LogP contribution in [0.5, 0.6) is 0 Å². The van der Waals surface area contributed by atoms with Crippen molar-refractivity contribution < 1.29 is 9.59 Å². The van der Waals surface area contributed by atoms with Crippen LogP contribution in [0.4, 0.5) is 0 Å². The topological polar surface area (TPSA) is 75.2 Å². The lowest BCUT2D eigenvalue weighted by Crippen LogP contribution is -2.32. The largest absolute Gasteiger partial charge is 0.351 e. The summed E-state index contributed by atoms with van der Waals surface area (Å²) in [6.07, 6.45) is 2.45. The molecule has 6 nitrogen and oxygen atoms in total. The predicted molar refractivity (Wildman–Crippen MR) is 96.0 cm³/mol. The van der Waals surface area contributed by atoms with E-state index >= 15 is 0 Å². The molecule has 0 bridgehead atoms. The second-order valence-electron chi connectivity index (χ2n) is 5.87. The van der Waals surface area contributed by atoms with Gasteiger partial charge in [-0.1, -0.05) is 37.3 Å². The number of amides is 2. The van der Waals surface area contributed by atoms with Crippen molar-refractivity contribution in [2.75, 3.05) is 13.6 Å². The Labute approximate surface area is 148 Å². The van der Waals surface area contributed by atoms with Gasteiger partial charge in [0.25, 0.3) is 5.91 Å². The Balaban J connectivity index is 1.83. The van der Waals surface area contributed by atoms with E-state index in [-0.39, 0.29) is 24.8 Å². The smallest absolute Gasteiger partial charge is 0.254 e. The first kappa shape index (κ1) is 18.6. The minimum atomic E-state index is -0.240. The van der Waals surface area contributed by atoms with Crippen LogP contribution < -0.4 is 5.32 Å². The molecule has 1 aromatic carbocycles. The summed E-state index contributed by atoms with van der Waals surface area (Å²) in [7, 11) is 1.76. The third kappa shape index (κ3) is 5.38. The van der Waals surface area contributed by atoms with E-state index in [9.17, 15) is 9.59 Å². The molecule has 0 aliphatic heterocycles. The number of nitrogens with one attached hydrogen (secondary N) is 1. The van der Waals surface area contributed by atoms with Crippen molar-refractivity contribution in [2.24, 2.45) is 0 Å². The van der Waals surface area contributed by atoms with Crippen molar-refractivity contribution >= 4 is 11.8 Å². The highest BCUT2D eigenvalue weighted by Gasteiger charge is 2.14. The Hall–Kier alpha value is -2.76. The molecule has 6 heteroatoms. The van der Waals surface area contributed by atoms with Gasteiger partial charge in [0.05, 0.1) is 11.3 Å². The Morgan fingerprint density at radius 1 is 1.20 bits per heavy atom. The molecule has 0 aliphatic carbocycles. The van der Waals surface area contributed by atoms with Gasteiger partial charge in [0.1, 0.15) is 5.82 Å². The van der Waals surface area contributed by atoms with Crippen LogP contribution in [0.25, 0.3) is 0 Å². The fourth-order valence-electron chi connectivity index (χ4n) is 2.49. The van der Waals surface area contributed by atoms with Gasteiger partial charge in [-0.2, -0.15) is 0 Å². The van der Waals surface area contributed by atoms with Crippen LogP contribution in [-0.4, -0.2) is 40.3 Å². The van der Waals surface area contributed by atoms with E-state index in [2.05, 4.69) is 15.3 Å². The first-order valence-electron chi connectivity index (χ1n) is 8.39. The number of aromatic nitrogens is 2. The second-order valence-corrected chi connectivity index (χ2v) is 5.87. The fourth-order valence-corrected chi connectivity index (χ4v) is 2.49. The molecule has 2 aromatic rings. The first-order valence-corrected chi connectivity index (χ1v) is 8.39. The van der Waals surface area contributed by atoms with Gasteiger partial charge in [-0.25, -0.2) is 9.97 Å². The number of carbonyl (C=O) groups excluding carboxylic acids is 2. The zero-order valence-electron chi connectivity index (χ0n) is 15.0. The maximum Gasteiger partial charge on any atom is 0.254 e. The van der Waals surface area contributed by atoms with Crippen LogP contribution in [0.15, 0.2) is 36.5 Å². The number of hydrogen-bond acceptors (Lipinski definition) is 4. The van der Waals surface area contributed by atoms with Gasteiger partial charge < -0.3 is 10.2 Å². The molecule has 0 fully saturated rings. The van der Waals surface area contributed by atoms with Crippen LogP contribution in [0.1, 0.15) is 40.8 Å². The van der Waals surface area contributed by atoms with E-state index < -0.39 is 0 Å². The molecule has 0 spiro atoms. The number of nitrogens with zero attached hydrogens (tertiary/aromatic N) is 3. The molecule has 1 aromatic heterocycles. The van der Waals surface area contributed by atoms with Crippen molar-refractivity contribution in [3.63, 3.8) is 0 Å². The molecule has 2 amide bonds. The van der Waals surface area contributed by atoms with Crippen LogP contribution in [0.2, 0.25) is 0 Å². The van der Waals surface area contributed by atoms with Crippen molar-refractivity contribution in [1.82, 2.24) is 20.2 Å². The van der Waals surface area contributed by atoms with Crippen molar-refractivity contribution in [1.29, 1.82) is 0 Å². The van der Waals surface area contributed by atoms with Gasteiger partial charge >= 0.3 is 0 Å². The molecule has 0 aliphatic rings. The summed E-state index contributed by atoms with van der Waals surface area (Å²) in [6, 6.07) is 9.80. The SMILES string of the molecule is CCc1nc(C)ncc1C(=O)NCCC(=O)N(C)Cc1ccccc1. The van der Waals surface area contributed by atoms with Gasteiger partial charge in [-0.05, 0) is 18.9 Å². The molecule has 0 unspecified atom stereocenters. The lowest BCUT2D eigenvalue weighted by Gasteiger charge is -2.17. The molecule has 0 radical (unpaired) electrons. The maximum atomic E-state index is 12.3. The molecule has 132 valence electrons. The van der Waals surface area contributed by atoms with E-state index in [0.29, 0.717) is 24.4 Å². The number of benzene rings is 1. The summed E-state index contributed by atoms with van der Waals surface area (Å²) in [5.74, 6) is 0.390. The Morgan fingerprint density at radius 2 is 1.92 bits per heavy atom. The van der Waals surface area contributed by atoms with E-state index in [0.717, 1.165) is 11.3 Å². The zero-order valence-corrected chi connectivity index (χ0v) is 15.0. The van der Waals surface area contributed by atoms with Crippen molar-refractivity contribution in [3.8, 4) is 0 Å². The van der Waals surface area contributed by atoms with Crippen LogP contribution >= 0.6 is 0 Å². The number of aryl methyl sites for hydroxylation is 2. The highest BCUT2D eigenvalue weighted by molar-refractivity contribution is 5.95. The second kappa shape index (κ2) is 8.92. The summed E-state index contributed by atoms with van der Waals surface area (Å²) in [4.78, 5) is 34.5. The monoisotopic (exact) mass is 340 g/mol. The molecule has 0 atom stereocenters. The highest BCUT2D eigenvalue weighted by atomic mass is 16.2. The first-order chi connectivity index (χ1) is 12.0. The number of hydrogen-bond donors (Lipinski definition) is 1. The van der Waals surface area contributed by atoms with Gasteiger partial charge in [0, 0.05) is 32.8 Å². The zero-order chi connectivity index (χ0) is 18.2. The fraction of sp³-hybridized carbons (Fsp3) is 0.368. The summed E-state index contributed by atoms with van der Waals surface area (Å²) in [5.41, 5.74) is 2.27. The van der Waals surface area contributed by atoms with Gasteiger partial charge in [0.15, 0.2) is 0 Å². The van der Waals surface area contributed by atoms with Crippen molar-refractivity contribution in [3.05, 3.63) is 59.2 Å². The highest BCUT2D eigenvalue weighted by Crippen LogP contribution is 2.07. The summed E-state index contributed by atoms with van der Waals surface area (Å²) >= 11 is 0.